The second-order valence-electron chi connectivity index (χ2n) is 6.48. The lowest BCUT2D eigenvalue weighted by Gasteiger charge is -2.12. The average Bonchev–Trinajstić information content (AvgIpc) is 3.13. The third-order valence-corrected chi connectivity index (χ3v) is 5.12. The third-order valence-electron chi connectivity index (χ3n) is 4.87. The number of hydrogen-bond donors (Lipinski definition) is 0. The minimum absolute atomic E-state index is 0.0941. The molecule has 4 nitrogen and oxygen atoms in total. The second kappa shape index (κ2) is 6.61. The molecule has 0 atom stereocenters. The van der Waals surface area contributed by atoms with Crippen LogP contribution in [0.5, 0.6) is 5.75 Å². The molecular weight excluding hydrogens is 352 g/mol. The molecule has 3 aromatic rings. The molecule has 0 bridgehead atoms. The lowest BCUT2D eigenvalue weighted by atomic mass is 10.0. The van der Waals surface area contributed by atoms with Gasteiger partial charge in [-0.25, -0.2) is 4.79 Å². The normalized spacial score (nSPS) is 13.0. The minimum Gasteiger partial charge on any atom is -0.485 e. The van der Waals surface area contributed by atoms with Gasteiger partial charge in [-0.15, -0.1) is 0 Å². The van der Waals surface area contributed by atoms with Crippen molar-refractivity contribution in [3.63, 3.8) is 0 Å². The first-order valence-electron chi connectivity index (χ1n) is 8.54. The van der Waals surface area contributed by atoms with Crippen LogP contribution in [-0.2, 0) is 12.8 Å². The van der Waals surface area contributed by atoms with E-state index in [1.54, 1.807) is 24.3 Å². The standard InChI is InChI=1S/C21H17ClO4/c1-12-19(25-11-18(23)13-5-7-14(22)8-6-13)10-9-16-15-3-2-4-17(15)21(24)26-20(12)16/h5-10H,2-4,11H2,1H3. The fraction of sp³-hybridized carbons (Fsp3) is 0.238. The van der Waals surface area contributed by atoms with Crippen LogP contribution in [0.3, 0.4) is 0 Å². The number of rotatable bonds is 4. The maximum atomic E-state index is 12.3. The summed E-state index contributed by atoms with van der Waals surface area (Å²) in [6, 6.07) is 10.4. The smallest absolute Gasteiger partial charge is 0.339 e. The summed E-state index contributed by atoms with van der Waals surface area (Å²) >= 11 is 5.84. The molecule has 1 aromatic heterocycles. The zero-order valence-electron chi connectivity index (χ0n) is 14.3. The molecule has 26 heavy (non-hydrogen) atoms. The molecule has 0 amide bonds. The summed E-state index contributed by atoms with van der Waals surface area (Å²) < 4.78 is 11.3. The first-order chi connectivity index (χ1) is 12.5. The lowest BCUT2D eigenvalue weighted by Crippen LogP contribution is -2.12. The Balaban J connectivity index is 1.62. The van der Waals surface area contributed by atoms with Crippen molar-refractivity contribution in [3.05, 3.63) is 74.1 Å². The van der Waals surface area contributed by atoms with Gasteiger partial charge in [-0.1, -0.05) is 11.6 Å². The van der Waals surface area contributed by atoms with Crippen molar-refractivity contribution in [1.82, 2.24) is 0 Å². The molecule has 2 aromatic carbocycles. The van der Waals surface area contributed by atoms with E-state index in [1.807, 2.05) is 19.1 Å². The van der Waals surface area contributed by atoms with E-state index in [0.29, 0.717) is 21.9 Å². The summed E-state index contributed by atoms with van der Waals surface area (Å²) in [7, 11) is 0. The Morgan fingerprint density at radius 2 is 1.85 bits per heavy atom. The van der Waals surface area contributed by atoms with E-state index >= 15 is 0 Å². The largest absolute Gasteiger partial charge is 0.485 e. The zero-order valence-corrected chi connectivity index (χ0v) is 15.1. The van der Waals surface area contributed by atoms with E-state index < -0.39 is 0 Å². The van der Waals surface area contributed by atoms with Crippen LogP contribution in [0.4, 0.5) is 0 Å². The summed E-state index contributed by atoms with van der Waals surface area (Å²) in [6.45, 7) is 1.75. The van der Waals surface area contributed by atoms with Crippen LogP contribution in [0.25, 0.3) is 11.0 Å². The van der Waals surface area contributed by atoms with Crippen molar-refractivity contribution < 1.29 is 13.9 Å². The predicted molar refractivity (Wildman–Crippen MR) is 101 cm³/mol. The Labute approximate surface area is 155 Å². The highest BCUT2D eigenvalue weighted by Gasteiger charge is 2.21. The van der Waals surface area contributed by atoms with Crippen molar-refractivity contribution in [2.45, 2.75) is 26.2 Å². The van der Waals surface area contributed by atoms with Gasteiger partial charge < -0.3 is 9.15 Å². The summed E-state index contributed by atoms with van der Waals surface area (Å²) in [5.74, 6) is 0.400. The average molecular weight is 369 g/mol. The highest BCUT2D eigenvalue weighted by molar-refractivity contribution is 6.30. The quantitative estimate of drug-likeness (QED) is 0.502. The predicted octanol–water partition coefficient (Wildman–Crippen LogP) is 4.51. The Bertz CT molecular complexity index is 1060. The number of benzene rings is 2. The number of halogens is 1. The summed E-state index contributed by atoms with van der Waals surface area (Å²) in [5.41, 5.74) is 3.44. The topological polar surface area (TPSA) is 56.5 Å². The molecule has 0 aliphatic heterocycles. The van der Waals surface area contributed by atoms with Gasteiger partial charge in [0.25, 0.3) is 0 Å². The molecule has 0 saturated heterocycles. The number of Topliss-reactive ketones (excluding diaryl/α,β-unsaturated/α-hetero) is 1. The second-order valence-corrected chi connectivity index (χ2v) is 6.92. The molecule has 0 saturated carbocycles. The molecule has 0 spiro atoms. The van der Waals surface area contributed by atoms with E-state index in [4.69, 9.17) is 20.8 Å². The van der Waals surface area contributed by atoms with E-state index in [-0.39, 0.29) is 18.0 Å². The molecule has 4 rings (SSSR count). The molecular formula is C21H17ClO4. The van der Waals surface area contributed by atoms with Crippen LogP contribution in [-0.4, -0.2) is 12.4 Å². The number of fused-ring (bicyclic) bond motifs is 3. The van der Waals surface area contributed by atoms with Crippen LogP contribution in [0.1, 0.15) is 33.5 Å². The van der Waals surface area contributed by atoms with Gasteiger partial charge in [0.15, 0.2) is 12.4 Å². The number of carbonyl (C=O) groups excluding carboxylic acids is 1. The van der Waals surface area contributed by atoms with E-state index in [2.05, 4.69) is 0 Å². The Morgan fingerprint density at radius 3 is 2.62 bits per heavy atom. The van der Waals surface area contributed by atoms with Crippen molar-refractivity contribution in [2.24, 2.45) is 0 Å². The summed E-state index contributed by atoms with van der Waals surface area (Å²) in [4.78, 5) is 24.5. The highest BCUT2D eigenvalue weighted by atomic mass is 35.5. The van der Waals surface area contributed by atoms with Crippen molar-refractivity contribution >= 4 is 28.4 Å². The molecule has 0 radical (unpaired) electrons. The van der Waals surface area contributed by atoms with Gasteiger partial charge >= 0.3 is 5.63 Å². The highest BCUT2D eigenvalue weighted by Crippen LogP contribution is 2.33. The fourth-order valence-electron chi connectivity index (χ4n) is 3.48. The van der Waals surface area contributed by atoms with Crippen LogP contribution >= 0.6 is 11.6 Å². The molecule has 0 fully saturated rings. The Morgan fingerprint density at radius 1 is 1.12 bits per heavy atom. The lowest BCUT2D eigenvalue weighted by molar-refractivity contribution is 0.0921. The molecule has 5 heteroatoms. The summed E-state index contributed by atoms with van der Waals surface area (Å²) in [6.07, 6.45) is 2.65. The number of hydrogen-bond acceptors (Lipinski definition) is 4. The van der Waals surface area contributed by atoms with Gasteiger partial charge in [0.05, 0.1) is 0 Å². The van der Waals surface area contributed by atoms with E-state index in [1.165, 1.54) is 0 Å². The number of aryl methyl sites for hydroxylation is 2. The Kier molecular flexibility index (Phi) is 4.29. The van der Waals surface area contributed by atoms with Crippen molar-refractivity contribution in [1.29, 1.82) is 0 Å². The number of ether oxygens (including phenoxy) is 1. The van der Waals surface area contributed by atoms with Crippen LogP contribution in [0.15, 0.2) is 45.6 Å². The number of carbonyl (C=O) groups is 1. The van der Waals surface area contributed by atoms with Gasteiger partial charge in [0, 0.05) is 27.1 Å². The molecule has 1 aliphatic rings. The van der Waals surface area contributed by atoms with Crippen LogP contribution < -0.4 is 10.4 Å². The van der Waals surface area contributed by atoms with Gasteiger partial charge in [0.2, 0.25) is 0 Å². The van der Waals surface area contributed by atoms with E-state index in [0.717, 1.165) is 41.3 Å². The van der Waals surface area contributed by atoms with Gasteiger partial charge in [-0.05, 0) is 68.1 Å². The maximum absolute atomic E-state index is 12.3. The molecule has 0 unspecified atom stereocenters. The van der Waals surface area contributed by atoms with Gasteiger partial charge in [-0.2, -0.15) is 0 Å². The molecule has 1 aliphatic carbocycles. The molecule has 1 heterocycles. The van der Waals surface area contributed by atoms with Gasteiger partial charge in [0.1, 0.15) is 11.3 Å². The zero-order chi connectivity index (χ0) is 18.3. The fourth-order valence-corrected chi connectivity index (χ4v) is 3.61. The minimum atomic E-state index is -0.262. The van der Waals surface area contributed by atoms with Crippen LogP contribution in [0, 0.1) is 6.92 Å². The van der Waals surface area contributed by atoms with Crippen molar-refractivity contribution in [2.75, 3.05) is 6.61 Å². The monoisotopic (exact) mass is 368 g/mol. The van der Waals surface area contributed by atoms with E-state index in [9.17, 15) is 9.59 Å². The first kappa shape index (κ1) is 16.9. The van der Waals surface area contributed by atoms with Gasteiger partial charge in [-0.3, -0.25) is 4.79 Å². The first-order valence-corrected chi connectivity index (χ1v) is 8.92. The third kappa shape index (κ3) is 2.90. The van der Waals surface area contributed by atoms with Crippen LogP contribution in [0.2, 0.25) is 5.02 Å². The maximum Gasteiger partial charge on any atom is 0.339 e. The summed E-state index contributed by atoms with van der Waals surface area (Å²) in [5, 5.41) is 1.54. The molecule has 132 valence electrons. The molecule has 0 N–H and O–H groups in total. The Hall–Kier alpha value is -2.59. The number of ketones is 1. The SMILES string of the molecule is Cc1c(OCC(=O)c2ccc(Cl)cc2)ccc2c3c(c(=O)oc12)CCC3. The van der Waals surface area contributed by atoms with Crippen molar-refractivity contribution in [3.8, 4) is 5.75 Å².